The molecule has 3 amide bonds. The van der Waals surface area contributed by atoms with Gasteiger partial charge in [0.05, 0.1) is 5.71 Å². The lowest BCUT2D eigenvalue weighted by atomic mass is 10.1. The third-order valence-corrected chi connectivity index (χ3v) is 2.30. The number of hydrogen-bond donors (Lipinski definition) is 3. The van der Waals surface area contributed by atoms with E-state index in [0.717, 1.165) is 5.56 Å². The zero-order valence-corrected chi connectivity index (χ0v) is 10.6. The highest BCUT2D eigenvalue weighted by Crippen LogP contribution is 2.20. The molecular formula is C12H15N3O4. The van der Waals surface area contributed by atoms with Crippen LogP contribution in [0.3, 0.4) is 0 Å². The van der Waals surface area contributed by atoms with Gasteiger partial charge in [-0.25, -0.2) is 4.79 Å². The van der Waals surface area contributed by atoms with Crippen LogP contribution in [0.25, 0.3) is 0 Å². The molecule has 0 aliphatic heterocycles. The van der Waals surface area contributed by atoms with E-state index >= 15 is 0 Å². The molecule has 0 aliphatic rings. The van der Waals surface area contributed by atoms with Crippen molar-refractivity contribution in [2.75, 3.05) is 6.61 Å². The van der Waals surface area contributed by atoms with Gasteiger partial charge in [-0.15, -0.1) is 0 Å². The zero-order chi connectivity index (χ0) is 14.4. The summed E-state index contributed by atoms with van der Waals surface area (Å²) >= 11 is 0. The molecule has 0 saturated carbocycles. The summed E-state index contributed by atoms with van der Waals surface area (Å²) in [6.07, 6.45) is 0. The van der Waals surface area contributed by atoms with Crippen LogP contribution in [0.15, 0.2) is 23.4 Å². The number of aryl methyl sites for hydroxylation is 1. The lowest BCUT2D eigenvalue weighted by molar-refractivity contribution is -0.121. The fourth-order valence-corrected chi connectivity index (χ4v) is 1.42. The summed E-state index contributed by atoms with van der Waals surface area (Å²) in [5.74, 6) is -0.280. The van der Waals surface area contributed by atoms with Crippen LogP contribution in [-0.4, -0.2) is 29.5 Å². The van der Waals surface area contributed by atoms with Gasteiger partial charge in [-0.05, 0) is 26.0 Å². The van der Waals surface area contributed by atoms with Crippen molar-refractivity contribution < 1.29 is 19.5 Å². The van der Waals surface area contributed by atoms with Crippen LogP contribution in [0.2, 0.25) is 0 Å². The number of nitrogens with one attached hydrogen (secondary N) is 1. The monoisotopic (exact) mass is 265 g/mol. The number of urea groups is 1. The Morgan fingerprint density at radius 3 is 2.74 bits per heavy atom. The van der Waals surface area contributed by atoms with Gasteiger partial charge in [-0.2, -0.15) is 0 Å². The van der Waals surface area contributed by atoms with Crippen molar-refractivity contribution in [3.63, 3.8) is 0 Å². The highest BCUT2D eigenvalue weighted by atomic mass is 16.5. The number of benzene rings is 1. The molecule has 0 aromatic heterocycles. The summed E-state index contributed by atoms with van der Waals surface area (Å²) in [6.45, 7) is 3.11. The van der Waals surface area contributed by atoms with Crippen LogP contribution in [0.4, 0.5) is 4.79 Å². The SMILES string of the molecule is C/C(=N\O)c1cc(C)ccc1OCC(=O)NC(N)=O. The van der Waals surface area contributed by atoms with Crippen LogP contribution < -0.4 is 15.8 Å². The van der Waals surface area contributed by atoms with E-state index in [1.165, 1.54) is 0 Å². The van der Waals surface area contributed by atoms with Gasteiger partial charge in [0, 0.05) is 5.56 Å². The zero-order valence-electron chi connectivity index (χ0n) is 10.6. The van der Waals surface area contributed by atoms with Crippen molar-refractivity contribution >= 4 is 17.6 Å². The minimum absolute atomic E-state index is 0.356. The average molecular weight is 265 g/mol. The maximum absolute atomic E-state index is 11.2. The largest absolute Gasteiger partial charge is 0.483 e. The molecule has 0 heterocycles. The third-order valence-electron chi connectivity index (χ3n) is 2.30. The topological polar surface area (TPSA) is 114 Å². The normalized spacial score (nSPS) is 10.9. The Kier molecular flexibility index (Phi) is 4.87. The molecule has 0 atom stereocenters. The molecule has 1 rings (SSSR count). The fourth-order valence-electron chi connectivity index (χ4n) is 1.42. The standard InChI is InChI=1S/C12H15N3O4/c1-7-3-4-10(9(5-7)8(2)15-18)19-6-11(16)14-12(13)17/h3-5,18H,6H2,1-2H3,(H3,13,14,16,17)/b15-8+. The Labute approximate surface area is 110 Å². The third kappa shape index (κ3) is 4.30. The highest BCUT2D eigenvalue weighted by molar-refractivity contribution is 6.01. The molecule has 0 spiro atoms. The number of carbonyl (C=O) groups excluding carboxylic acids is 2. The molecule has 0 radical (unpaired) electrons. The smallest absolute Gasteiger partial charge is 0.318 e. The summed E-state index contributed by atoms with van der Waals surface area (Å²) in [5.41, 5.74) is 6.67. The van der Waals surface area contributed by atoms with E-state index in [0.29, 0.717) is 17.0 Å². The number of hydrogen-bond acceptors (Lipinski definition) is 5. The van der Waals surface area contributed by atoms with Crippen molar-refractivity contribution in [3.8, 4) is 5.75 Å². The van der Waals surface area contributed by atoms with Gasteiger partial charge < -0.3 is 15.7 Å². The molecule has 4 N–H and O–H groups in total. The second-order valence-corrected chi connectivity index (χ2v) is 3.89. The summed E-state index contributed by atoms with van der Waals surface area (Å²) in [7, 11) is 0. The number of imide groups is 1. The van der Waals surface area contributed by atoms with Crippen molar-refractivity contribution in [1.82, 2.24) is 5.32 Å². The van der Waals surface area contributed by atoms with Crippen molar-refractivity contribution in [2.45, 2.75) is 13.8 Å². The lowest BCUT2D eigenvalue weighted by Crippen LogP contribution is -2.38. The summed E-state index contributed by atoms with van der Waals surface area (Å²) in [5, 5.41) is 13.8. The molecular weight excluding hydrogens is 250 g/mol. The number of primary amides is 1. The first kappa shape index (κ1) is 14.5. The minimum atomic E-state index is -0.939. The molecule has 1 aromatic rings. The fraction of sp³-hybridized carbons (Fsp3) is 0.250. The van der Waals surface area contributed by atoms with Crippen molar-refractivity contribution in [2.24, 2.45) is 10.9 Å². The van der Waals surface area contributed by atoms with E-state index in [1.807, 2.05) is 12.2 Å². The summed E-state index contributed by atoms with van der Waals surface area (Å²) in [4.78, 5) is 21.7. The van der Waals surface area contributed by atoms with Gasteiger partial charge in [0.2, 0.25) is 0 Å². The van der Waals surface area contributed by atoms with Crippen LogP contribution >= 0.6 is 0 Å². The minimum Gasteiger partial charge on any atom is -0.483 e. The molecule has 7 nitrogen and oxygen atoms in total. The number of amides is 3. The first-order valence-electron chi connectivity index (χ1n) is 5.45. The number of nitrogens with zero attached hydrogens (tertiary/aromatic N) is 1. The molecule has 7 heteroatoms. The summed E-state index contributed by atoms with van der Waals surface area (Å²) < 4.78 is 5.27. The van der Waals surface area contributed by atoms with E-state index in [9.17, 15) is 9.59 Å². The van der Waals surface area contributed by atoms with Gasteiger partial charge in [0.15, 0.2) is 6.61 Å². The molecule has 0 bridgehead atoms. The molecule has 102 valence electrons. The average Bonchev–Trinajstić information content (AvgIpc) is 2.35. The number of ether oxygens (including phenoxy) is 1. The first-order valence-corrected chi connectivity index (χ1v) is 5.45. The van der Waals surface area contributed by atoms with Crippen molar-refractivity contribution in [3.05, 3.63) is 29.3 Å². The Morgan fingerprint density at radius 2 is 2.16 bits per heavy atom. The Balaban J connectivity index is 2.84. The Bertz CT molecular complexity index is 526. The second kappa shape index (κ2) is 6.39. The second-order valence-electron chi connectivity index (χ2n) is 3.89. The number of rotatable bonds is 4. The highest BCUT2D eigenvalue weighted by Gasteiger charge is 2.10. The Morgan fingerprint density at radius 1 is 1.47 bits per heavy atom. The quantitative estimate of drug-likeness (QED) is 0.423. The summed E-state index contributed by atoms with van der Waals surface area (Å²) in [6, 6.07) is 4.26. The predicted octanol–water partition coefficient (Wildman–Crippen LogP) is 0.767. The van der Waals surface area contributed by atoms with Gasteiger partial charge in [0.1, 0.15) is 5.75 Å². The predicted molar refractivity (Wildman–Crippen MR) is 68.4 cm³/mol. The van der Waals surface area contributed by atoms with Crippen LogP contribution in [0, 0.1) is 6.92 Å². The maximum atomic E-state index is 11.2. The Hall–Kier alpha value is -2.57. The number of oxime groups is 1. The van der Waals surface area contributed by atoms with Crippen molar-refractivity contribution in [1.29, 1.82) is 0 Å². The van der Waals surface area contributed by atoms with Crippen LogP contribution in [-0.2, 0) is 4.79 Å². The first-order chi connectivity index (χ1) is 8.93. The molecule has 0 saturated heterocycles. The number of carbonyl (C=O) groups is 2. The van der Waals surface area contributed by atoms with E-state index in [1.54, 1.807) is 25.1 Å². The van der Waals surface area contributed by atoms with Crippen LogP contribution in [0.5, 0.6) is 5.75 Å². The van der Waals surface area contributed by atoms with Gasteiger partial charge in [0.25, 0.3) is 5.91 Å². The van der Waals surface area contributed by atoms with Crippen LogP contribution in [0.1, 0.15) is 18.1 Å². The molecule has 0 aliphatic carbocycles. The molecule has 0 fully saturated rings. The maximum Gasteiger partial charge on any atom is 0.318 e. The van der Waals surface area contributed by atoms with Gasteiger partial charge >= 0.3 is 6.03 Å². The van der Waals surface area contributed by atoms with E-state index in [2.05, 4.69) is 5.16 Å². The molecule has 1 aromatic carbocycles. The van der Waals surface area contributed by atoms with E-state index in [4.69, 9.17) is 15.7 Å². The molecule has 19 heavy (non-hydrogen) atoms. The van der Waals surface area contributed by atoms with E-state index in [-0.39, 0.29) is 6.61 Å². The van der Waals surface area contributed by atoms with Gasteiger partial charge in [-0.1, -0.05) is 16.8 Å². The molecule has 0 unspecified atom stereocenters. The number of nitrogens with two attached hydrogens (primary N) is 1. The lowest BCUT2D eigenvalue weighted by Gasteiger charge is -2.11. The van der Waals surface area contributed by atoms with E-state index < -0.39 is 11.9 Å². The van der Waals surface area contributed by atoms with Gasteiger partial charge in [-0.3, -0.25) is 10.1 Å².